The van der Waals surface area contributed by atoms with Gasteiger partial charge in [0, 0.05) is 50.6 Å². The van der Waals surface area contributed by atoms with Gasteiger partial charge in [0.25, 0.3) is 5.69 Å². The van der Waals surface area contributed by atoms with E-state index in [1.54, 1.807) is 24.1 Å². The van der Waals surface area contributed by atoms with E-state index < -0.39 is 16.9 Å². The zero-order valence-corrected chi connectivity index (χ0v) is 24.6. The highest BCUT2D eigenvalue weighted by Crippen LogP contribution is 2.39. The molecule has 11 nitrogen and oxygen atoms in total. The average Bonchev–Trinajstić information content (AvgIpc) is 3.03. The molecule has 1 saturated heterocycles. The van der Waals surface area contributed by atoms with E-state index in [1.807, 2.05) is 32.0 Å². The minimum atomic E-state index is -0.468. The Morgan fingerprint density at radius 3 is 2.38 bits per heavy atom. The van der Waals surface area contributed by atoms with Crippen molar-refractivity contribution in [3.63, 3.8) is 0 Å². The molecule has 11 heteroatoms. The molecule has 224 valence electrons. The largest absolute Gasteiger partial charge is 0.495 e. The van der Waals surface area contributed by atoms with Gasteiger partial charge in [-0.1, -0.05) is 38.1 Å². The highest BCUT2D eigenvalue weighted by molar-refractivity contribution is 5.94. The van der Waals surface area contributed by atoms with Crippen molar-refractivity contribution in [2.45, 2.75) is 45.1 Å². The molecule has 1 fully saturated rings. The lowest BCUT2D eigenvalue weighted by atomic mass is 9.81. The van der Waals surface area contributed by atoms with E-state index >= 15 is 0 Å². The molecule has 0 aromatic heterocycles. The van der Waals surface area contributed by atoms with Gasteiger partial charge in [-0.2, -0.15) is 0 Å². The molecule has 0 aliphatic carbocycles. The Labute approximate surface area is 247 Å². The van der Waals surface area contributed by atoms with Gasteiger partial charge in [0.05, 0.1) is 41.1 Å². The van der Waals surface area contributed by atoms with Crippen LogP contribution in [0.15, 0.2) is 64.9 Å². The molecule has 2 unspecified atom stereocenters. The van der Waals surface area contributed by atoms with E-state index in [0.717, 1.165) is 79.7 Å². The third kappa shape index (κ3) is 6.79. The summed E-state index contributed by atoms with van der Waals surface area (Å²) in [5.41, 5.74) is 4.20. The smallest absolute Gasteiger partial charge is 0.269 e. The lowest BCUT2D eigenvalue weighted by Gasteiger charge is -2.39. The molecule has 2 atom stereocenters. The normalized spacial score (nSPS) is 19.2. The van der Waals surface area contributed by atoms with Gasteiger partial charge < -0.3 is 19.9 Å². The standard InChI is InChI=1S/C31H40N6O5/c1-4-25-30(32-21-38)29(23-11-13-24(14-12-23)37(40)41)31(26(5-2)33-25)36(22-39)16-8-15-34-17-19-35(20-18-34)27-9-6-7-10-28(27)42-3/h6-7,9-14,21-22,29-30H,4-5,8,15-20H2,1-3H3,(H,32,38). The van der Waals surface area contributed by atoms with Crippen molar-refractivity contribution in [2.24, 2.45) is 4.99 Å². The van der Waals surface area contributed by atoms with Crippen molar-refractivity contribution in [1.82, 2.24) is 15.1 Å². The number of nitrogens with zero attached hydrogens (tertiary/aromatic N) is 5. The number of allylic oxidation sites excluding steroid dienone is 1. The first-order valence-corrected chi connectivity index (χ1v) is 14.5. The van der Waals surface area contributed by atoms with Crippen molar-refractivity contribution < 1.29 is 19.2 Å². The molecule has 0 bridgehead atoms. The lowest BCUT2D eigenvalue weighted by Crippen LogP contribution is -2.48. The first-order valence-electron chi connectivity index (χ1n) is 14.5. The fourth-order valence-electron chi connectivity index (χ4n) is 5.95. The van der Waals surface area contributed by atoms with Crippen LogP contribution in [0.4, 0.5) is 11.4 Å². The van der Waals surface area contributed by atoms with Gasteiger partial charge in [-0.25, -0.2) is 0 Å². The number of carbonyl (C=O) groups excluding carboxylic acids is 2. The molecule has 0 saturated carbocycles. The fourth-order valence-corrected chi connectivity index (χ4v) is 5.95. The Morgan fingerprint density at radius 1 is 1.07 bits per heavy atom. The molecule has 0 radical (unpaired) electrons. The highest BCUT2D eigenvalue weighted by atomic mass is 16.6. The zero-order valence-electron chi connectivity index (χ0n) is 24.6. The van der Waals surface area contributed by atoms with Gasteiger partial charge in [0.2, 0.25) is 12.8 Å². The van der Waals surface area contributed by atoms with Gasteiger partial charge in [0.1, 0.15) is 5.75 Å². The number of ether oxygens (including phenoxy) is 1. The number of para-hydroxylation sites is 2. The van der Waals surface area contributed by atoms with E-state index in [4.69, 9.17) is 9.73 Å². The van der Waals surface area contributed by atoms with Gasteiger partial charge in [-0.15, -0.1) is 0 Å². The molecule has 2 aromatic carbocycles. The predicted octanol–water partition coefficient (Wildman–Crippen LogP) is 3.96. The topological polar surface area (TPSA) is 121 Å². The van der Waals surface area contributed by atoms with Crippen LogP contribution in [-0.4, -0.2) is 85.7 Å². The second-order valence-corrected chi connectivity index (χ2v) is 10.4. The summed E-state index contributed by atoms with van der Waals surface area (Å²) in [6, 6.07) is 13.9. The Bertz CT molecular complexity index is 1300. The quantitative estimate of drug-likeness (QED) is 0.205. The van der Waals surface area contributed by atoms with Crippen molar-refractivity contribution >= 4 is 29.9 Å². The lowest BCUT2D eigenvalue weighted by molar-refractivity contribution is -0.384. The minimum Gasteiger partial charge on any atom is -0.495 e. The molecule has 2 heterocycles. The number of amides is 2. The number of non-ortho nitro benzene ring substituents is 1. The van der Waals surface area contributed by atoms with Gasteiger partial charge in [-0.3, -0.25) is 29.6 Å². The number of nitrogens with one attached hydrogen (secondary N) is 1. The molecule has 2 aliphatic heterocycles. The SMILES string of the molecule is CCC1=NC(CC)=C(N(C=O)CCCN2CCN(c3ccccc3OC)CC2)C(c2ccc([N+](=O)[O-])cc2)C1NC=O. The molecule has 2 aromatic rings. The Hall–Kier alpha value is -4.25. The number of nitro benzene ring substituents is 1. The number of rotatable bonds is 14. The zero-order chi connectivity index (χ0) is 30.1. The number of anilines is 1. The Kier molecular flexibility index (Phi) is 10.7. The maximum absolute atomic E-state index is 12.6. The summed E-state index contributed by atoms with van der Waals surface area (Å²) < 4.78 is 5.54. The van der Waals surface area contributed by atoms with Gasteiger partial charge >= 0.3 is 0 Å². The maximum atomic E-state index is 12.6. The number of hydrogen-bond acceptors (Lipinski definition) is 8. The summed E-state index contributed by atoms with van der Waals surface area (Å²) >= 11 is 0. The molecular formula is C31H40N6O5. The molecule has 2 aliphatic rings. The number of methoxy groups -OCH3 is 1. The first kappa shape index (κ1) is 30.7. The number of carbonyl (C=O) groups is 2. The highest BCUT2D eigenvalue weighted by Gasteiger charge is 2.37. The predicted molar refractivity (Wildman–Crippen MR) is 163 cm³/mol. The summed E-state index contributed by atoms with van der Waals surface area (Å²) in [5.74, 6) is 0.465. The monoisotopic (exact) mass is 576 g/mol. The van der Waals surface area contributed by atoms with Gasteiger partial charge in [-0.05, 0) is 43.5 Å². The van der Waals surface area contributed by atoms with Crippen molar-refractivity contribution in [1.29, 1.82) is 0 Å². The minimum absolute atomic E-state index is 0.0156. The summed E-state index contributed by atoms with van der Waals surface area (Å²) in [4.78, 5) is 46.4. The molecule has 2 amide bonds. The number of nitro groups is 1. The second kappa shape index (κ2) is 14.6. The van der Waals surface area contributed by atoms with Crippen LogP contribution in [0.2, 0.25) is 0 Å². The van der Waals surface area contributed by atoms with Crippen molar-refractivity contribution in [3.8, 4) is 5.75 Å². The van der Waals surface area contributed by atoms with Crippen LogP contribution in [-0.2, 0) is 9.59 Å². The second-order valence-electron chi connectivity index (χ2n) is 10.4. The average molecular weight is 577 g/mol. The Morgan fingerprint density at radius 2 is 1.79 bits per heavy atom. The van der Waals surface area contributed by atoms with E-state index in [1.165, 1.54) is 12.1 Å². The van der Waals surface area contributed by atoms with Crippen LogP contribution >= 0.6 is 0 Å². The maximum Gasteiger partial charge on any atom is 0.269 e. The van der Waals surface area contributed by atoms with E-state index in [9.17, 15) is 19.7 Å². The molecule has 1 N–H and O–H groups in total. The van der Waals surface area contributed by atoms with Crippen LogP contribution < -0.4 is 15.0 Å². The van der Waals surface area contributed by atoms with E-state index in [0.29, 0.717) is 25.8 Å². The third-order valence-electron chi connectivity index (χ3n) is 8.08. The van der Waals surface area contributed by atoms with E-state index in [2.05, 4.69) is 21.2 Å². The number of aliphatic imine (C=N–C) groups is 1. The van der Waals surface area contributed by atoms with Gasteiger partial charge in [0.15, 0.2) is 0 Å². The molecule has 42 heavy (non-hydrogen) atoms. The molecular weight excluding hydrogens is 536 g/mol. The van der Waals surface area contributed by atoms with Crippen LogP contribution in [0.5, 0.6) is 5.75 Å². The third-order valence-corrected chi connectivity index (χ3v) is 8.08. The summed E-state index contributed by atoms with van der Waals surface area (Å²) in [5, 5.41) is 14.2. The molecule has 4 rings (SSSR count). The summed E-state index contributed by atoms with van der Waals surface area (Å²) in [6.07, 6.45) is 3.47. The van der Waals surface area contributed by atoms with Crippen LogP contribution in [0.1, 0.15) is 44.6 Å². The first-order chi connectivity index (χ1) is 20.4. The summed E-state index contributed by atoms with van der Waals surface area (Å²) in [7, 11) is 1.69. The Balaban J connectivity index is 1.50. The summed E-state index contributed by atoms with van der Waals surface area (Å²) in [6.45, 7) is 8.89. The van der Waals surface area contributed by atoms with Crippen molar-refractivity contribution in [3.05, 3.63) is 75.6 Å². The van der Waals surface area contributed by atoms with Crippen molar-refractivity contribution in [2.75, 3.05) is 51.3 Å². The number of piperazine rings is 1. The van der Waals surface area contributed by atoms with E-state index in [-0.39, 0.29) is 5.69 Å². The number of hydrogen-bond donors (Lipinski definition) is 1. The van der Waals surface area contributed by atoms with Crippen LogP contribution in [0.3, 0.4) is 0 Å². The molecule has 0 spiro atoms. The van der Waals surface area contributed by atoms with Crippen LogP contribution in [0.25, 0.3) is 0 Å². The van der Waals surface area contributed by atoms with Crippen LogP contribution in [0, 0.1) is 10.1 Å². The fraction of sp³-hybridized carbons (Fsp3) is 0.452. The number of benzene rings is 2.